The standard InChI is InChI=1S/C14H17N/c1-2-3-7-14(12-15)11-10-13-8-5-4-6-9-13/h4-6,8-11,14H,2-3,7H2,1H3/b11-10+. The number of unbranched alkanes of at least 4 members (excludes halogenated alkanes) is 1. The summed E-state index contributed by atoms with van der Waals surface area (Å²) < 4.78 is 0. The van der Waals surface area contributed by atoms with Crippen LogP contribution in [-0.2, 0) is 0 Å². The zero-order valence-electron chi connectivity index (χ0n) is 9.19. The lowest BCUT2D eigenvalue weighted by atomic mass is 10.0. The van der Waals surface area contributed by atoms with Gasteiger partial charge in [-0.05, 0) is 12.0 Å². The molecule has 1 rings (SSSR count). The van der Waals surface area contributed by atoms with Crippen LogP contribution in [0.15, 0.2) is 36.4 Å². The summed E-state index contributed by atoms with van der Waals surface area (Å²) in [5.74, 6) is 0.0603. The smallest absolute Gasteiger partial charge is 0.0697 e. The molecule has 15 heavy (non-hydrogen) atoms. The molecule has 1 aromatic rings. The lowest BCUT2D eigenvalue weighted by molar-refractivity contribution is 0.652. The largest absolute Gasteiger partial charge is 0.198 e. The van der Waals surface area contributed by atoms with E-state index in [-0.39, 0.29) is 5.92 Å². The van der Waals surface area contributed by atoms with Gasteiger partial charge in [0.05, 0.1) is 12.0 Å². The van der Waals surface area contributed by atoms with E-state index in [1.165, 1.54) is 0 Å². The summed E-state index contributed by atoms with van der Waals surface area (Å²) in [5, 5.41) is 8.93. The van der Waals surface area contributed by atoms with Crippen LogP contribution in [0.2, 0.25) is 0 Å². The zero-order chi connectivity index (χ0) is 10.9. The van der Waals surface area contributed by atoms with Crippen LogP contribution >= 0.6 is 0 Å². The molecule has 0 bridgehead atoms. The normalized spacial score (nSPS) is 12.5. The summed E-state index contributed by atoms with van der Waals surface area (Å²) in [4.78, 5) is 0. The van der Waals surface area contributed by atoms with Gasteiger partial charge in [0, 0.05) is 0 Å². The number of rotatable bonds is 5. The average Bonchev–Trinajstić information content (AvgIpc) is 2.31. The molecule has 0 saturated heterocycles. The van der Waals surface area contributed by atoms with E-state index >= 15 is 0 Å². The van der Waals surface area contributed by atoms with E-state index in [2.05, 4.69) is 13.0 Å². The van der Waals surface area contributed by atoms with Crippen LogP contribution in [0, 0.1) is 17.2 Å². The minimum absolute atomic E-state index is 0.0603. The van der Waals surface area contributed by atoms with Gasteiger partial charge in [0.25, 0.3) is 0 Å². The first-order valence-electron chi connectivity index (χ1n) is 5.49. The second-order valence-corrected chi connectivity index (χ2v) is 3.65. The van der Waals surface area contributed by atoms with Crippen molar-refractivity contribution < 1.29 is 0 Å². The summed E-state index contributed by atoms with van der Waals surface area (Å²) >= 11 is 0. The van der Waals surface area contributed by atoms with Gasteiger partial charge in [0.2, 0.25) is 0 Å². The van der Waals surface area contributed by atoms with Gasteiger partial charge in [0.1, 0.15) is 0 Å². The fourth-order valence-corrected chi connectivity index (χ4v) is 1.42. The van der Waals surface area contributed by atoms with Gasteiger partial charge >= 0.3 is 0 Å². The van der Waals surface area contributed by atoms with Crippen molar-refractivity contribution in [3.63, 3.8) is 0 Å². The summed E-state index contributed by atoms with van der Waals surface area (Å²) in [5.41, 5.74) is 1.16. The van der Waals surface area contributed by atoms with Crippen molar-refractivity contribution in [1.82, 2.24) is 0 Å². The molecular formula is C14H17N. The van der Waals surface area contributed by atoms with Crippen LogP contribution in [-0.4, -0.2) is 0 Å². The fourth-order valence-electron chi connectivity index (χ4n) is 1.42. The van der Waals surface area contributed by atoms with Crippen LogP contribution in [0.25, 0.3) is 6.08 Å². The lowest BCUT2D eigenvalue weighted by Gasteiger charge is -2.01. The van der Waals surface area contributed by atoms with E-state index in [1.807, 2.05) is 42.5 Å². The van der Waals surface area contributed by atoms with Crippen LogP contribution < -0.4 is 0 Å². The summed E-state index contributed by atoms with van der Waals surface area (Å²) in [6, 6.07) is 12.4. The summed E-state index contributed by atoms with van der Waals surface area (Å²) in [7, 11) is 0. The predicted molar refractivity (Wildman–Crippen MR) is 64.1 cm³/mol. The molecule has 0 aliphatic rings. The molecule has 0 saturated carbocycles. The maximum absolute atomic E-state index is 8.93. The Kier molecular flexibility index (Phi) is 5.25. The molecular weight excluding hydrogens is 182 g/mol. The topological polar surface area (TPSA) is 23.8 Å². The quantitative estimate of drug-likeness (QED) is 0.702. The first-order chi connectivity index (χ1) is 7.36. The average molecular weight is 199 g/mol. The van der Waals surface area contributed by atoms with E-state index in [9.17, 15) is 0 Å². The van der Waals surface area contributed by atoms with Crippen LogP contribution in [0.4, 0.5) is 0 Å². The highest BCUT2D eigenvalue weighted by molar-refractivity contribution is 5.49. The molecule has 1 unspecified atom stereocenters. The summed E-state index contributed by atoms with van der Waals surface area (Å²) in [6.45, 7) is 2.15. The molecule has 0 aromatic heterocycles. The molecule has 0 radical (unpaired) electrons. The van der Waals surface area contributed by atoms with E-state index < -0.39 is 0 Å². The van der Waals surface area contributed by atoms with Crippen molar-refractivity contribution in [2.75, 3.05) is 0 Å². The highest BCUT2D eigenvalue weighted by Crippen LogP contribution is 2.11. The maximum atomic E-state index is 8.93. The molecule has 0 heterocycles. The number of nitrogens with zero attached hydrogens (tertiary/aromatic N) is 1. The van der Waals surface area contributed by atoms with Gasteiger partial charge < -0.3 is 0 Å². The Morgan fingerprint density at radius 3 is 2.67 bits per heavy atom. The van der Waals surface area contributed by atoms with Gasteiger partial charge in [-0.2, -0.15) is 5.26 Å². The second-order valence-electron chi connectivity index (χ2n) is 3.65. The van der Waals surface area contributed by atoms with Crippen molar-refractivity contribution in [2.45, 2.75) is 26.2 Å². The Labute approximate surface area is 92.1 Å². The van der Waals surface area contributed by atoms with Crippen LogP contribution in [0.1, 0.15) is 31.7 Å². The molecule has 0 aliphatic carbocycles. The third kappa shape index (κ3) is 4.46. The molecule has 0 amide bonds. The molecule has 1 atom stereocenters. The van der Waals surface area contributed by atoms with Crippen molar-refractivity contribution in [2.24, 2.45) is 5.92 Å². The highest BCUT2D eigenvalue weighted by Gasteiger charge is 2.00. The van der Waals surface area contributed by atoms with Crippen molar-refractivity contribution in [3.8, 4) is 6.07 Å². The minimum Gasteiger partial charge on any atom is -0.198 e. The molecule has 0 spiro atoms. The summed E-state index contributed by atoms with van der Waals surface area (Å²) in [6.07, 6.45) is 7.28. The Hall–Kier alpha value is -1.55. The number of hydrogen-bond donors (Lipinski definition) is 0. The molecule has 78 valence electrons. The monoisotopic (exact) mass is 199 g/mol. The van der Waals surface area contributed by atoms with Gasteiger partial charge in [-0.3, -0.25) is 0 Å². The predicted octanol–water partition coefficient (Wildman–Crippen LogP) is 4.03. The zero-order valence-corrected chi connectivity index (χ0v) is 9.19. The number of allylic oxidation sites excluding steroid dienone is 1. The molecule has 0 fully saturated rings. The van der Waals surface area contributed by atoms with E-state index in [4.69, 9.17) is 5.26 Å². The Morgan fingerprint density at radius 2 is 2.07 bits per heavy atom. The lowest BCUT2D eigenvalue weighted by Crippen LogP contribution is -1.91. The molecule has 0 aliphatic heterocycles. The molecule has 0 N–H and O–H groups in total. The fraction of sp³-hybridized carbons (Fsp3) is 0.357. The number of benzene rings is 1. The van der Waals surface area contributed by atoms with Gasteiger partial charge in [0.15, 0.2) is 0 Å². The third-order valence-electron chi connectivity index (χ3n) is 2.36. The maximum Gasteiger partial charge on any atom is 0.0697 e. The number of hydrogen-bond acceptors (Lipinski definition) is 1. The van der Waals surface area contributed by atoms with Crippen molar-refractivity contribution in [1.29, 1.82) is 5.26 Å². The SMILES string of the molecule is CCCCC(C#N)/C=C/c1ccccc1. The van der Waals surface area contributed by atoms with Gasteiger partial charge in [-0.1, -0.05) is 62.2 Å². The van der Waals surface area contributed by atoms with Crippen LogP contribution in [0.3, 0.4) is 0 Å². The second kappa shape index (κ2) is 6.84. The Morgan fingerprint density at radius 1 is 1.33 bits per heavy atom. The van der Waals surface area contributed by atoms with Crippen LogP contribution in [0.5, 0.6) is 0 Å². The molecule has 1 aromatic carbocycles. The highest BCUT2D eigenvalue weighted by atomic mass is 14.3. The first kappa shape index (κ1) is 11.5. The Balaban J connectivity index is 2.52. The van der Waals surface area contributed by atoms with E-state index in [0.29, 0.717) is 0 Å². The number of nitriles is 1. The third-order valence-corrected chi connectivity index (χ3v) is 2.36. The van der Waals surface area contributed by atoms with E-state index in [0.717, 1.165) is 24.8 Å². The molecule has 1 nitrogen and oxygen atoms in total. The van der Waals surface area contributed by atoms with Crippen molar-refractivity contribution >= 4 is 6.08 Å². The van der Waals surface area contributed by atoms with Gasteiger partial charge in [-0.25, -0.2) is 0 Å². The van der Waals surface area contributed by atoms with Gasteiger partial charge in [-0.15, -0.1) is 0 Å². The van der Waals surface area contributed by atoms with E-state index in [1.54, 1.807) is 0 Å². The minimum atomic E-state index is 0.0603. The van der Waals surface area contributed by atoms with Crippen molar-refractivity contribution in [3.05, 3.63) is 42.0 Å². The Bertz CT molecular complexity index is 332. The first-order valence-corrected chi connectivity index (χ1v) is 5.49. The molecule has 1 heteroatoms.